The minimum atomic E-state index is -3.90. The largest absolute Gasteiger partial charge is 0.418 e. The summed E-state index contributed by atoms with van der Waals surface area (Å²) in [5, 5.41) is 1.80. The molecule has 0 aliphatic carbocycles. The molecule has 0 N–H and O–H groups in total. The van der Waals surface area contributed by atoms with Gasteiger partial charge in [-0.1, -0.05) is 54.1 Å². The summed E-state index contributed by atoms with van der Waals surface area (Å²) in [6, 6.07) is 20.1. The average molecular weight is 508 g/mol. The number of aromatic nitrogens is 1. The molecule has 0 bridgehead atoms. The van der Waals surface area contributed by atoms with Crippen molar-refractivity contribution in [2.45, 2.75) is 23.3 Å². The summed E-state index contributed by atoms with van der Waals surface area (Å²) >= 11 is 1.44. The number of benzene rings is 2. The van der Waals surface area contributed by atoms with Gasteiger partial charge in [-0.25, -0.2) is 8.42 Å². The number of piperazine rings is 1. The minimum absolute atomic E-state index is 0.0557. The Morgan fingerprint density at radius 1 is 0.971 bits per heavy atom. The van der Waals surface area contributed by atoms with E-state index in [1.165, 1.54) is 11.3 Å². The zero-order valence-electron chi connectivity index (χ0n) is 19.3. The lowest BCUT2D eigenvalue weighted by molar-refractivity contribution is -0.130. The highest BCUT2D eigenvalue weighted by atomic mass is 32.2. The third-order valence-electron chi connectivity index (χ3n) is 6.01. The highest BCUT2D eigenvalue weighted by Gasteiger charge is 2.33. The van der Waals surface area contributed by atoms with Gasteiger partial charge in [-0.15, -0.1) is 11.3 Å². The monoisotopic (exact) mass is 507 g/mol. The maximum absolute atomic E-state index is 13.6. The van der Waals surface area contributed by atoms with Crippen molar-refractivity contribution in [2.75, 3.05) is 31.1 Å². The van der Waals surface area contributed by atoms with Gasteiger partial charge in [0.05, 0.1) is 16.2 Å². The van der Waals surface area contributed by atoms with Crippen LogP contribution in [-0.2, 0) is 21.1 Å². The minimum Gasteiger partial charge on any atom is -0.418 e. The first-order chi connectivity index (χ1) is 16.9. The smallest absolute Gasteiger partial charge is 0.240 e. The lowest BCUT2D eigenvalue weighted by Crippen LogP contribution is -2.49. The molecule has 5 rings (SSSR count). The Morgan fingerprint density at radius 2 is 1.69 bits per heavy atom. The summed E-state index contributed by atoms with van der Waals surface area (Å²) in [5.41, 5.74) is 1.95. The van der Waals surface area contributed by atoms with Crippen LogP contribution in [0.15, 0.2) is 86.4 Å². The molecule has 3 heterocycles. The number of sulfone groups is 1. The van der Waals surface area contributed by atoms with Crippen LogP contribution >= 0.6 is 11.3 Å². The van der Waals surface area contributed by atoms with Crippen molar-refractivity contribution in [3.63, 3.8) is 0 Å². The van der Waals surface area contributed by atoms with E-state index in [1.54, 1.807) is 24.3 Å². The molecule has 2 aromatic carbocycles. The average Bonchev–Trinajstić information content (AvgIpc) is 3.56. The van der Waals surface area contributed by atoms with Crippen molar-refractivity contribution in [1.29, 1.82) is 0 Å². The first-order valence-corrected chi connectivity index (χ1v) is 13.7. The second kappa shape index (κ2) is 9.67. The van der Waals surface area contributed by atoms with E-state index in [0.29, 0.717) is 32.6 Å². The summed E-state index contributed by atoms with van der Waals surface area (Å²) < 4.78 is 33.2. The number of nitrogens with zero attached hydrogens (tertiary/aromatic N) is 3. The first-order valence-electron chi connectivity index (χ1n) is 11.3. The number of carbonyl (C=O) groups is 1. The summed E-state index contributed by atoms with van der Waals surface area (Å²) in [5.74, 6) is 0.563. The van der Waals surface area contributed by atoms with Crippen molar-refractivity contribution in [3.05, 3.63) is 83.2 Å². The molecule has 1 saturated heterocycles. The first kappa shape index (κ1) is 23.3. The molecule has 7 nitrogen and oxygen atoms in total. The number of aryl methyl sites for hydroxylation is 1. The molecule has 2 aromatic heterocycles. The Kier molecular flexibility index (Phi) is 6.44. The van der Waals surface area contributed by atoms with Gasteiger partial charge in [0.1, 0.15) is 0 Å². The van der Waals surface area contributed by atoms with Crippen LogP contribution in [0.1, 0.15) is 11.1 Å². The fourth-order valence-corrected chi connectivity index (χ4v) is 6.02. The maximum atomic E-state index is 13.6. The van der Waals surface area contributed by atoms with Crippen molar-refractivity contribution >= 4 is 33.0 Å². The normalized spacial score (nSPS) is 14.3. The molecule has 9 heteroatoms. The van der Waals surface area contributed by atoms with Crippen LogP contribution in [0.3, 0.4) is 0 Å². The van der Waals surface area contributed by atoms with E-state index in [1.807, 2.05) is 64.6 Å². The van der Waals surface area contributed by atoms with Crippen LogP contribution in [0, 0.1) is 6.92 Å². The van der Waals surface area contributed by atoms with Gasteiger partial charge >= 0.3 is 0 Å². The molecule has 180 valence electrons. The van der Waals surface area contributed by atoms with Crippen LogP contribution in [0.4, 0.5) is 5.88 Å². The number of amides is 1. The second-order valence-corrected chi connectivity index (χ2v) is 11.3. The molecule has 1 aliphatic rings. The number of anilines is 1. The van der Waals surface area contributed by atoms with Crippen LogP contribution < -0.4 is 4.90 Å². The van der Waals surface area contributed by atoms with Crippen molar-refractivity contribution in [3.8, 4) is 10.8 Å². The molecule has 1 amide bonds. The highest BCUT2D eigenvalue weighted by molar-refractivity contribution is 7.91. The Hall–Kier alpha value is -3.43. The van der Waals surface area contributed by atoms with Crippen molar-refractivity contribution in [1.82, 2.24) is 9.88 Å². The fraction of sp³-hybridized carbons (Fsp3) is 0.231. The topological polar surface area (TPSA) is 83.7 Å². The van der Waals surface area contributed by atoms with E-state index < -0.39 is 9.84 Å². The Labute approximate surface area is 208 Å². The van der Waals surface area contributed by atoms with Crippen molar-refractivity contribution < 1.29 is 17.6 Å². The molecule has 1 fully saturated rings. The van der Waals surface area contributed by atoms with Gasteiger partial charge in [0.25, 0.3) is 0 Å². The van der Waals surface area contributed by atoms with Gasteiger partial charge in [0, 0.05) is 26.2 Å². The zero-order valence-corrected chi connectivity index (χ0v) is 20.9. The number of carbonyl (C=O) groups excluding carboxylic acids is 1. The Bertz CT molecular complexity index is 1410. The molecule has 1 aliphatic heterocycles. The lowest BCUT2D eigenvalue weighted by atomic mass is 10.1. The molecule has 0 atom stereocenters. The van der Waals surface area contributed by atoms with E-state index in [2.05, 4.69) is 4.98 Å². The standard InChI is InChI=1S/C26H25N3O4S2/c1-19-9-11-21(12-10-19)35(31,32)25-26(33-24(27-25)22-8-5-17-34-22)29-15-13-28(14-16-29)23(30)18-20-6-3-2-4-7-20/h2-12,17H,13-16,18H2,1H3. The molecular formula is C26H25N3O4S2. The van der Waals surface area contributed by atoms with Gasteiger partial charge in [-0.2, -0.15) is 4.98 Å². The van der Waals surface area contributed by atoms with Crippen LogP contribution in [0.25, 0.3) is 10.8 Å². The summed E-state index contributed by atoms with van der Waals surface area (Å²) in [4.78, 5) is 21.8. The van der Waals surface area contributed by atoms with E-state index in [4.69, 9.17) is 4.42 Å². The Balaban J connectivity index is 1.40. The van der Waals surface area contributed by atoms with Gasteiger partial charge in [0.2, 0.25) is 32.5 Å². The number of hydrogen-bond donors (Lipinski definition) is 0. The van der Waals surface area contributed by atoms with Gasteiger partial charge in [0.15, 0.2) is 0 Å². The molecular weight excluding hydrogens is 482 g/mol. The number of hydrogen-bond acceptors (Lipinski definition) is 7. The van der Waals surface area contributed by atoms with Gasteiger partial charge in [-0.05, 0) is 36.1 Å². The molecule has 35 heavy (non-hydrogen) atoms. The molecule has 0 spiro atoms. The van der Waals surface area contributed by atoms with Crippen LogP contribution in [0.2, 0.25) is 0 Å². The SMILES string of the molecule is Cc1ccc(S(=O)(=O)c2nc(-c3cccs3)oc2N2CCN(C(=O)Cc3ccccc3)CC2)cc1. The van der Waals surface area contributed by atoms with Crippen LogP contribution in [-0.4, -0.2) is 50.4 Å². The summed E-state index contributed by atoms with van der Waals surface area (Å²) in [6.07, 6.45) is 0.346. The second-order valence-electron chi connectivity index (χ2n) is 8.45. The molecule has 0 radical (unpaired) electrons. The lowest BCUT2D eigenvalue weighted by Gasteiger charge is -2.34. The predicted octanol–water partition coefficient (Wildman–Crippen LogP) is 4.44. The maximum Gasteiger partial charge on any atom is 0.240 e. The van der Waals surface area contributed by atoms with Gasteiger partial charge in [-0.3, -0.25) is 4.79 Å². The summed E-state index contributed by atoms with van der Waals surface area (Å²) in [6.45, 7) is 3.77. The highest BCUT2D eigenvalue weighted by Crippen LogP contribution is 2.36. The zero-order chi connectivity index (χ0) is 24.4. The number of oxazole rings is 1. The molecule has 0 unspecified atom stereocenters. The quantitative estimate of drug-likeness (QED) is 0.384. The van der Waals surface area contributed by atoms with Crippen molar-refractivity contribution in [2.24, 2.45) is 0 Å². The van der Waals surface area contributed by atoms with E-state index >= 15 is 0 Å². The van der Waals surface area contributed by atoms with E-state index in [-0.39, 0.29) is 27.6 Å². The number of thiophene rings is 1. The fourth-order valence-electron chi connectivity index (χ4n) is 4.05. The Morgan fingerprint density at radius 3 is 2.34 bits per heavy atom. The molecule has 0 saturated carbocycles. The molecule has 4 aromatic rings. The van der Waals surface area contributed by atoms with E-state index in [0.717, 1.165) is 16.0 Å². The van der Waals surface area contributed by atoms with Gasteiger partial charge < -0.3 is 14.2 Å². The third kappa shape index (κ3) is 4.87. The third-order valence-corrected chi connectivity index (χ3v) is 8.54. The van der Waals surface area contributed by atoms with E-state index in [9.17, 15) is 13.2 Å². The summed E-state index contributed by atoms with van der Waals surface area (Å²) in [7, 11) is -3.90. The van der Waals surface area contributed by atoms with Crippen LogP contribution in [0.5, 0.6) is 0 Å². The predicted molar refractivity (Wildman–Crippen MR) is 135 cm³/mol. The number of rotatable bonds is 6.